The molecule has 2 atom stereocenters. The van der Waals surface area contributed by atoms with Crippen molar-refractivity contribution in [2.75, 3.05) is 41.5 Å². The first-order valence-electron chi connectivity index (χ1n) is 15.1. The number of phenolic OH excluding ortho intramolecular Hbond substituents is 1. The van der Waals surface area contributed by atoms with E-state index < -0.39 is 0 Å². The third-order valence-corrected chi connectivity index (χ3v) is 9.18. The number of methoxy groups -OCH3 is 3. The molecule has 0 amide bonds. The minimum absolute atomic E-state index is 0.0204. The van der Waals surface area contributed by atoms with E-state index in [2.05, 4.69) is 41.5 Å². The van der Waals surface area contributed by atoms with E-state index in [4.69, 9.17) is 23.7 Å². The minimum atomic E-state index is -0.0316. The molecule has 0 aromatic heterocycles. The van der Waals surface area contributed by atoms with Crippen molar-refractivity contribution < 1.29 is 28.8 Å². The fourth-order valence-corrected chi connectivity index (χ4v) is 6.91. The molecule has 8 nitrogen and oxygen atoms in total. The standard InChI is InChI=1S/C36H38N2O6/c1-38-14-12-24-19-32(41-3)35(42-4)36-34(24)28(38)16-22-7-10-29(39)30(17-22)43-25-8-5-21(6-9-25)15-27-33-23(11-13-37-27)18-26(40-2)20-31(33)44-36/h5-10,17-20,27-28,37,39H,11-16H2,1-4H3/t27-,28+/m0/s1. The van der Waals surface area contributed by atoms with Crippen molar-refractivity contribution in [3.63, 3.8) is 0 Å². The van der Waals surface area contributed by atoms with Gasteiger partial charge in [-0.05, 0) is 97.9 Å². The summed E-state index contributed by atoms with van der Waals surface area (Å²) in [5.74, 6) is 4.57. The molecule has 8 heteroatoms. The summed E-state index contributed by atoms with van der Waals surface area (Å²) in [5, 5.41) is 14.4. The van der Waals surface area contributed by atoms with E-state index in [1.807, 2.05) is 30.3 Å². The predicted molar refractivity (Wildman–Crippen MR) is 168 cm³/mol. The van der Waals surface area contributed by atoms with Crippen molar-refractivity contribution in [2.24, 2.45) is 0 Å². The Morgan fingerprint density at radius 2 is 1.59 bits per heavy atom. The molecule has 8 rings (SSSR count). The van der Waals surface area contributed by atoms with Gasteiger partial charge in [0, 0.05) is 35.8 Å². The fourth-order valence-electron chi connectivity index (χ4n) is 6.91. The second kappa shape index (κ2) is 11.6. The molecule has 4 aliphatic rings. The quantitative estimate of drug-likeness (QED) is 0.278. The Morgan fingerprint density at radius 3 is 2.36 bits per heavy atom. The normalized spacial score (nSPS) is 19.1. The van der Waals surface area contributed by atoms with Crippen molar-refractivity contribution >= 4 is 0 Å². The molecule has 4 bridgehead atoms. The van der Waals surface area contributed by atoms with Crippen LogP contribution in [-0.2, 0) is 25.7 Å². The van der Waals surface area contributed by atoms with Gasteiger partial charge in [0.25, 0.3) is 0 Å². The van der Waals surface area contributed by atoms with Gasteiger partial charge in [-0.15, -0.1) is 0 Å². The smallest absolute Gasteiger partial charge is 0.204 e. The summed E-state index contributed by atoms with van der Waals surface area (Å²) in [6.45, 7) is 1.73. The molecule has 4 aliphatic heterocycles. The van der Waals surface area contributed by atoms with Gasteiger partial charge in [0.15, 0.2) is 23.0 Å². The van der Waals surface area contributed by atoms with Crippen molar-refractivity contribution in [3.8, 4) is 46.0 Å². The highest BCUT2D eigenvalue weighted by atomic mass is 16.5. The van der Waals surface area contributed by atoms with Gasteiger partial charge in [0.05, 0.1) is 21.3 Å². The number of benzene rings is 4. The lowest BCUT2D eigenvalue weighted by molar-refractivity contribution is 0.221. The monoisotopic (exact) mass is 594 g/mol. The van der Waals surface area contributed by atoms with E-state index in [1.165, 1.54) is 5.56 Å². The van der Waals surface area contributed by atoms with Crippen molar-refractivity contribution in [1.82, 2.24) is 10.2 Å². The van der Waals surface area contributed by atoms with Crippen molar-refractivity contribution in [2.45, 2.75) is 37.8 Å². The first-order valence-corrected chi connectivity index (χ1v) is 15.1. The molecule has 0 saturated heterocycles. The van der Waals surface area contributed by atoms with Crippen LogP contribution in [0.4, 0.5) is 0 Å². The number of phenols is 1. The van der Waals surface area contributed by atoms with Gasteiger partial charge in [-0.1, -0.05) is 18.2 Å². The number of nitrogens with one attached hydrogen (secondary N) is 1. The SMILES string of the molecule is COc1cc2c3c(c1)Oc1c(OC)c(OC)cc4c1[C@@H](Cc1ccc(O)c(c1)Oc1ccc(cc1)C[C@@H]3NCC2)N(C)CC4. The molecule has 4 heterocycles. The molecule has 228 valence electrons. The van der Waals surface area contributed by atoms with Gasteiger partial charge in [0.2, 0.25) is 5.75 Å². The minimum Gasteiger partial charge on any atom is -0.504 e. The maximum Gasteiger partial charge on any atom is 0.204 e. The Morgan fingerprint density at radius 1 is 0.795 bits per heavy atom. The Hall–Kier alpha value is -4.40. The number of fused-ring (bicyclic) bond motifs is 2. The molecule has 0 aliphatic carbocycles. The van der Waals surface area contributed by atoms with Crippen LogP contribution in [0.1, 0.15) is 45.5 Å². The highest BCUT2D eigenvalue weighted by Crippen LogP contribution is 2.51. The van der Waals surface area contributed by atoms with E-state index in [-0.39, 0.29) is 17.8 Å². The number of ether oxygens (including phenoxy) is 5. The number of hydrogen-bond acceptors (Lipinski definition) is 8. The van der Waals surface area contributed by atoms with Crippen molar-refractivity contribution in [3.05, 3.63) is 94.0 Å². The molecule has 2 N–H and O–H groups in total. The van der Waals surface area contributed by atoms with Crippen LogP contribution >= 0.6 is 0 Å². The van der Waals surface area contributed by atoms with E-state index in [1.54, 1.807) is 27.4 Å². The van der Waals surface area contributed by atoms with E-state index in [9.17, 15) is 5.11 Å². The lowest BCUT2D eigenvalue weighted by atomic mass is 9.87. The summed E-state index contributed by atoms with van der Waals surface area (Å²) >= 11 is 0. The van der Waals surface area contributed by atoms with Crippen LogP contribution in [0.5, 0.6) is 46.0 Å². The van der Waals surface area contributed by atoms with Crippen LogP contribution in [0.2, 0.25) is 0 Å². The largest absolute Gasteiger partial charge is 0.504 e. The zero-order chi connectivity index (χ0) is 30.4. The molecule has 0 saturated carbocycles. The zero-order valence-electron chi connectivity index (χ0n) is 25.6. The second-order valence-electron chi connectivity index (χ2n) is 11.8. The molecule has 0 radical (unpaired) electrons. The average Bonchev–Trinajstić information content (AvgIpc) is 3.04. The molecule has 0 spiro atoms. The first kappa shape index (κ1) is 28.4. The van der Waals surface area contributed by atoms with Crippen LogP contribution in [0.3, 0.4) is 0 Å². The van der Waals surface area contributed by atoms with Crippen LogP contribution in [0.25, 0.3) is 0 Å². The molecule has 0 unspecified atom stereocenters. The highest BCUT2D eigenvalue weighted by Gasteiger charge is 2.34. The maximum atomic E-state index is 10.7. The predicted octanol–water partition coefficient (Wildman–Crippen LogP) is 6.52. The molecular weight excluding hydrogens is 556 g/mol. The van der Waals surface area contributed by atoms with Crippen LogP contribution < -0.4 is 29.0 Å². The molecular formula is C36H38N2O6. The number of nitrogens with zero attached hydrogens (tertiary/aromatic N) is 1. The summed E-state index contributed by atoms with van der Waals surface area (Å²) < 4.78 is 31.0. The number of rotatable bonds is 3. The Labute approximate surface area is 258 Å². The van der Waals surface area contributed by atoms with E-state index >= 15 is 0 Å². The fraction of sp³-hybridized carbons (Fsp3) is 0.333. The lowest BCUT2D eigenvalue weighted by Gasteiger charge is -2.37. The lowest BCUT2D eigenvalue weighted by Crippen LogP contribution is -2.34. The molecule has 0 fully saturated rings. The number of likely N-dealkylation sites (N-methyl/N-ethyl adjacent to an activating group) is 1. The number of aromatic hydroxyl groups is 1. The van der Waals surface area contributed by atoms with E-state index in [0.717, 1.165) is 71.7 Å². The molecule has 44 heavy (non-hydrogen) atoms. The molecule has 4 aromatic carbocycles. The van der Waals surface area contributed by atoms with Gasteiger partial charge in [-0.25, -0.2) is 0 Å². The number of hydrogen-bond donors (Lipinski definition) is 2. The van der Waals surface area contributed by atoms with E-state index in [0.29, 0.717) is 35.2 Å². The average molecular weight is 595 g/mol. The topological polar surface area (TPSA) is 81.7 Å². The van der Waals surface area contributed by atoms with Gasteiger partial charge >= 0.3 is 0 Å². The van der Waals surface area contributed by atoms with Gasteiger partial charge < -0.3 is 34.1 Å². The first-order chi connectivity index (χ1) is 21.4. The third-order valence-electron chi connectivity index (χ3n) is 9.18. The Kier molecular flexibility index (Phi) is 7.48. The van der Waals surface area contributed by atoms with Gasteiger partial charge in [-0.3, -0.25) is 4.90 Å². The van der Waals surface area contributed by atoms with Gasteiger partial charge in [0.1, 0.15) is 17.2 Å². The highest BCUT2D eigenvalue weighted by molar-refractivity contribution is 5.63. The van der Waals surface area contributed by atoms with Crippen LogP contribution in [0, 0.1) is 0 Å². The van der Waals surface area contributed by atoms with Crippen molar-refractivity contribution in [1.29, 1.82) is 0 Å². The summed E-state index contributed by atoms with van der Waals surface area (Å²) in [7, 11) is 7.16. The van der Waals surface area contributed by atoms with Crippen LogP contribution in [-0.4, -0.2) is 51.5 Å². The molecule has 4 aromatic rings. The third kappa shape index (κ3) is 5.08. The summed E-state index contributed by atoms with van der Waals surface area (Å²) in [5.41, 5.74) is 6.75. The Balaban J connectivity index is 1.48. The summed E-state index contributed by atoms with van der Waals surface area (Å²) in [6.07, 6.45) is 3.14. The maximum absolute atomic E-state index is 10.7. The van der Waals surface area contributed by atoms with Crippen LogP contribution in [0.15, 0.2) is 60.7 Å². The summed E-state index contributed by atoms with van der Waals surface area (Å²) in [4.78, 5) is 2.35. The van der Waals surface area contributed by atoms with Gasteiger partial charge in [-0.2, -0.15) is 0 Å². The summed E-state index contributed by atoms with van der Waals surface area (Å²) in [6, 6.07) is 19.9. The Bertz CT molecular complexity index is 1700. The zero-order valence-corrected chi connectivity index (χ0v) is 25.6. The second-order valence-corrected chi connectivity index (χ2v) is 11.8.